The number of anilines is 1. The van der Waals surface area contributed by atoms with Crippen LogP contribution < -0.4 is 14.8 Å². The van der Waals surface area contributed by atoms with Crippen molar-refractivity contribution in [1.29, 1.82) is 0 Å². The number of benzene rings is 1. The molecule has 0 aliphatic carbocycles. The summed E-state index contributed by atoms with van der Waals surface area (Å²) in [5.41, 5.74) is 0.423. The second-order valence-electron chi connectivity index (χ2n) is 3.80. The van der Waals surface area contributed by atoms with Crippen molar-refractivity contribution in [1.82, 2.24) is 9.44 Å². The fourth-order valence-electron chi connectivity index (χ4n) is 1.39. The minimum Gasteiger partial charge on any atom is -0.383 e. The molecule has 0 saturated heterocycles. The van der Waals surface area contributed by atoms with E-state index in [0.717, 1.165) is 6.26 Å². The molecule has 1 aromatic carbocycles. The monoisotopic (exact) mass is 307 g/mol. The van der Waals surface area contributed by atoms with Crippen LogP contribution in [0.15, 0.2) is 29.2 Å². The highest BCUT2D eigenvalue weighted by Crippen LogP contribution is 2.19. The SMILES string of the molecule is CNS(=O)(=O)c1ccccc1NCCNS(C)(=O)=O. The molecule has 0 saturated carbocycles. The fourth-order valence-corrected chi connectivity index (χ4v) is 2.77. The van der Waals surface area contributed by atoms with Crippen LogP contribution in [0.2, 0.25) is 0 Å². The van der Waals surface area contributed by atoms with E-state index in [1.807, 2.05) is 0 Å². The molecule has 0 fully saturated rings. The summed E-state index contributed by atoms with van der Waals surface area (Å²) in [6.45, 7) is 0.454. The van der Waals surface area contributed by atoms with Crippen LogP contribution in [0.3, 0.4) is 0 Å². The van der Waals surface area contributed by atoms with E-state index in [0.29, 0.717) is 5.69 Å². The highest BCUT2D eigenvalue weighted by atomic mass is 32.2. The van der Waals surface area contributed by atoms with Gasteiger partial charge in [0.2, 0.25) is 20.0 Å². The Morgan fingerprint density at radius 1 is 1.05 bits per heavy atom. The lowest BCUT2D eigenvalue weighted by Crippen LogP contribution is -2.28. The second kappa shape index (κ2) is 6.33. The molecule has 9 heteroatoms. The fraction of sp³-hybridized carbons (Fsp3) is 0.400. The number of hydrogen-bond acceptors (Lipinski definition) is 5. The van der Waals surface area contributed by atoms with Gasteiger partial charge in [-0.05, 0) is 19.2 Å². The van der Waals surface area contributed by atoms with Crippen molar-refractivity contribution in [3.63, 3.8) is 0 Å². The summed E-state index contributed by atoms with van der Waals surface area (Å²) in [5.74, 6) is 0. The summed E-state index contributed by atoms with van der Waals surface area (Å²) < 4.78 is 49.8. The first-order valence-electron chi connectivity index (χ1n) is 5.47. The van der Waals surface area contributed by atoms with Crippen molar-refractivity contribution in [3.8, 4) is 0 Å². The Hall–Kier alpha value is -1.16. The molecule has 108 valence electrons. The van der Waals surface area contributed by atoms with Gasteiger partial charge >= 0.3 is 0 Å². The van der Waals surface area contributed by atoms with E-state index in [1.54, 1.807) is 18.2 Å². The summed E-state index contributed by atoms with van der Waals surface area (Å²) in [5, 5.41) is 2.88. The zero-order valence-corrected chi connectivity index (χ0v) is 12.3. The average molecular weight is 307 g/mol. The lowest BCUT2D eigenvalue weighted by Gasteiger charge is -2.11. The van der Waals surface area contributed by atoms with Crippen molar-refractivity contribution >= 4 is 25.7 Å². The van der Waals surface area contributed by atoms with E-state index in [9.17, 15) is 16.8 Å². The van der Waals surface area contributed by atoms with Crippen molar-refractivity contribution < 1.29 is 16.8 Å². The van der Waals surface area contributed by atoms with Crippen molar-refractivity contribution in [3.05, 3.63) is 24.3 Å². The van der Waals surface area contributed by atoms with Crippen LogP contribution in [0, 0.1) is 0 Å². The van der Waals surface area contributed by atoms with Gasteiger partial charge in [0, 0.05) is 13.1 Å². The Morgan fingerprint density at radius 3 is 2.26 bits per heavy atom. The third kappa shape index (κ3) is 5.15. The van der Waals surface area contributed by atoms with Crippen molar-refractivity contribution in [2.75, 3.05) is 31.7 Å². The first-order chi connectivity index (χ1) is 8.76. The molecule has 0 heterocycles. The average Bonchev–Trinajstić information content (AvgIpc) is 2.34. The molecule has 3 N–H and O–H groups in total. The van der Waals surface area contributed by atoms with Gasteiger partial charge in [-0.3, -0.25) is 0 Å². The predicted molar refractivity (Wildman–Crippen MR) is 74.0 cm³/mol. The summed E-state index contributed by atoms with van der Waals surface area (Å²) in [6.07, 6.45) is 1.06. The topological polar surface area (TPSA) is 104 Å². The number of sulfonamides is 2. The zero-order chi connectivity index (χ0) is 14.5. The third-order valence-electron chi connectivity index (χ3n) is 2.25. The molecule has 0 unspecified atom stereocenters. The molecule has 1 aromatic rings. The van der Waals surface area contributed by atoms with E-state index in [1.165, 1.54) is 13.1 Å². The molecular formula is C10H17N3O4S2. The molecule has 0 aromatic heterocycles. The minimum absolute atomic E-state index is 0.122. The van der Waals surface area contributed by atoms with Gasteiger partial charge in [-0.2, -0.15) is 0 Å². The molecule has 7 nitrogen and oxygen atoms in total. The number of para-hydroxylation sites is 1. The van der Waals surface area contributed by atoms with Gasteiger partial charge < -0.3 is 5.32 Å². The maximum absolute atomic E-state index is 11.8. The van der Waals surface area contributed by atoms with E-state index in [2.05, 4.69) is 14.8 Å². The Balaban J connectivity index is 2.75. The van der Waals surface area contributed by atoms with Gasteiger partial charge in [0.1, 0.15) is 4.90 Å². The smallest absolute Gasteiger partial charge is 0.242 e. The molecule has 0 bridgehead atoms. The molecule has 0 radical (unpaired) electrons. The molecule has 1 rings (SSSR count). The minimum atomic E-state index is -3.55. The Bertz CT molecular complexity index is 626. The van der Waals surface area contributed by atoms with Crippen LogP contribution in [-0.2, 0) is 20.0 Å². The van der Waals surface area contributed by atoms with E-state index < -0.39 is 20.0 Å². The summed E-state index contributed by atoms with van der Waals surface area (Å²) >= 11 is 0. The first kappa shape index (κ1) is 15.9. The number of nitrogens with one attached hydrogen (secondary N) is 3. The van der Waals surface area contributed by atoms with Gasteiger partial charge in [-0.15, -0.1) is 0 Å². The van der Waals surface area contributed by atoms with E-state index >= 15 is 0 Å². The number of hydrogen-bond donors (Lipinski definition) is 3. The summed E-state index contributed by atoms with van der Waals surface area (Å²) in [4.78, 5) is 0.122. The molecule has 0 aliphatic rings. The Labute approximate surface area is 113 Å². The lowest BCUT2D eigenvalue weighted by molar-refractivity contribution is 0.586. The van der Waals surface area contributed by atoms with Crippen LogP contribution in [-0.4, -0.2) is 43.2 Å². The van der Waals surface area contributed by atoms with E-state index in [-0.39, 0.29) is 18.0 Å². The van der Waals surface area contributed by atoms with Crippen LogP contribution in [0.1, 0.15) is 0 Å². The maximum atomic E-state index is 11.8. The van der Waals surface area contributed by atoms with Gasteiger partial charge in [-0.1, -0.05) is 12.1 Å². The molecule has 0 atom stereocenters. The maximum Gasteiger partial charge on any atom is 0.242 e. The number of rotatable bonds is 7. The Morgan fingerprint density at radius 2 is 1.68 bits per heavy atom. The lowest BCUT2D eigenvalue weighted by atomic mass is 10.3. The van der Waals surface area contributed by atoms with Crippen LogP contribution in [0.4, 0.5) is 5.69 Å². The van der Waals surface area contributed by atoms with Gasteiger partial charge in [0.05, 0.1) is 11.9 Å². The van der Waals surface area contributed by atoms with Crippen LogP contribution in [0.5, 0.6) is 0 Å². The highest BCUT2D eigenvalue weighted by Gasteiger charge is 2.15. The van der Waals surface area contributed by atoms with Crippen molar-refractivity contribution in [2.24, 2.45) is 0 Å². The van der Waals surface area contributed by atoms with Gasteiger partial charge in [0.15, 0.2) is 0 Å². The molecular weight excluding hydrogens is 290 g/mol. The highest BCUT2D eigenvalue weighted by molar-refractivity contribution is 7.89. The summed E-state index contributed by atoms with van der Waals surface area (Å²) in [6, 6.07) is 6.40. The van der Waals surface area contributed by atoms with Crippen LogP contribution >= 0.6 is 0 Å². The molecule has 19 heavy (non-hydrogen) atoms. The van der Waals surface area contributed by atoms with E-state index in [4.69, 9.17) is 0 Å². The summed E-state index contributed by atoms with van der Waals surface area (Å²) in [7, 11) is -5.46. The van der Waals surface area contributed by atoms with Gasteiger partial charge in [-0.25, -0.2) is 26.3 Å². The molecule has 0 aliphatic heterocycles. The zero-order valence-electron chi connectivity index (χ0n) is 10.7. The van der Waals surface area contributed by atoms with Gasteiger partial charge in [0.25, 0.3) is 0 Å². The largest absolute Gasteiger partial charge is 0.383 e. The third-order valence-corrected chi connectivity index (χ3v) is 4.45. The van der Waals surface area contributed by atoms with Crippen molar-refractivity contribution in [2.45, 2.75) is 4.90 Å². The molecule has 0 spiro atoms. The predicted octanol–water partition coefficient (Wildman–Crippen LogP) is -0.444. The Kier molecular flexibility index (Phi) is 5.29. The second-order valence-corrected chi connectivity index (χ2v) is 7.48. The standard InChI is InChI=1S/C10H17N3O4S2/c1-11-19(16,17)10-6-4-3-5-9(10)12-7-8-13-18(2,14)15/h3-6,11-13H,7-8H2,1-2H3. The molecule has 0 amide bonds. The quantitative estimate of drug-likeness (QED) is 0.592. The first-order valence-corrected chi connectivity index (χ1v) is 8.85. The normalized spacial score (nSPS) is 12.3. The van der Waals surface area contributed by atoms with Crippen LogP contribution in [0.25, 0.3) is 0 Å².